The molecule has 0 bridgehead atoms. The van der Waals surface area contributed by atoms with Crippen LogP contribution in [0, 0.1) is 11.3 Å². The van der Waals surface area contributed by atoms with Crippen molar-refractivity contribution in [2.75, 3.05) is 13.1 Å². The van der Waals surface area contributed by atoms with Crippen LogP contribution in [0.15, 0.2) is 18.3 Å². The second kappa shape index (κ2) is 7.49. The molecule has 102 valence electrons. The van der Waals surface area contributed by atoms with E-state index in [1.807, 2.05) is 37.8 Å². The minimum Gasteiger partial charge on any atom is -0.353 e. The lowest BCUT2D eigenvalue weighted by atomic mass is 10.2. The molecule has 0 aromatic carbocycles. The predicted molar refractivity (Wildman–Crippen MR) is 73.2 cm³/mol. The second-order valence-corrected chi connectivity index (χ2v) is 4.69. The molecule has 1 heterocycles. The molecule has 1 N–H and O–H groups in total. The van der Waals surface area contributed by atoms with Crippen LogP contribution in [0.1, 0.15) is 32.0 Å². The number of nitrogens with one attached hydrogen (secondary N) is 1. The van der Waals surface area contributed by atoms with Crippen molar-refractivity contribution < 1.29 is 4.79 Å². The van der Waals surface area contributed by atoms with E-state index >= 15 is 0 Å². The van der Waals surface area contributed by atoms with Crippen LogP contribution < -0.4 is 5.32 Å². The summed E-state index contributed by atoms with van der Waals surface area (Å²) >= 11 is 0. The number of nitrogens with zero attached hydrogens (tertiary/aromatic N) is 3. The van der Waals surface area contributed by atoms with Crippen LogP contribution in [0.4, 0.5) is 0 Å². The highest BCUT2D eigenvalue weighted by molar-refractivity contribution is 5.78. The maximum Gasteiger partial charge on any atom is 0.234 e. The standard InChI is InChI=1S/C14H20N4O/c1-4-18(10-14(19)17-11(2)3)9-12-5-6-16-13(7-12)8-15/h5-7,11H,4,9-10H2,1-3H3,(H,17,19). The maximum atomic E-state index is 11.7. The minimum absolute atomic E-state index is 0.0198. The van der Waals surface area contributed by atoms with Gasteiger partial charge in [-0.2, -0.15) is 5.26 Å². The number of aromatic nitrogens is 1. The third kappa shape index (κ3) is 5.49. The number of rotatable bonds is 6. The molecule has 5 heteroatoms. The zero-order chi connectivity index (χ0) is 14.3. The van der Waals surface area contributed by atoms with Crippen molar-refractivity contribution in [1.29, 1.82) is 5.26 Å². The van der Waals surface area contributed by atoms with Crippen molar-refractivity contribution in [2.24, 2.45) is 0 Å². The Kier molecular flexibility index (Phi) is 5.97. The Morgan fingerprint density at radius 1 is 1.58 bits per heavy atom. The second-order valence-electron chi connectivity index (χ2n) is 4.69. The fourth-order valence-electron chi connectivity index (χ4n) is 1.74. The smallest absolute Gasteiger partial charge is 0.234 e. The van der Waals surface area contributed by atoms with Gasteiger partial charge in [-0.1, -0.05) is 6.92 Å². The van der Waals surface area contributed by atoms with E-state index in [9.17, 15) is 4.79 Å². The van der Waals surface area contributed by atoms with Crippen LogP contribution in [0.25, 0.3) is 0 Å². The van der Waals surface area contributed by atoms with E-state index in [-0.39, 0.29) is 11.9 Å². The molecule has 0 aliphatic rings. The van der Waals surface area contributed by atoms with Crippen LogP contribution >= 0.6 is 0 Å². The van der Waals surface area contributed by atoms with Gasteiger partial charge in [-0.3, -0.25) is 9.69 Å². The molecule has 0 saturated carbocycles. The van der Waals surface area contributed by atoms with Gasteiger partial charge in [0.2, 0.25) is 5.91 Å². The molecule has 1 aromatic rings. The normalized spacial score (nSPS) is 10.5. The first-order valence-electron chi connectivity index (χ1n) is 6.42. The van der Waals surface area contributed by atoms with Crippen molar-refractivity contribution in [3.05, 3.63) is 29.6 Å². The monoisotopic (exact) mass is 260 g/mol. The van der Waals surface area contributed by atoms with Crippen LogP contribution in [-0.2, 0) is 11.3 Å². The van der Waals surface area contributed by atoms with Gasteiger partial charge in [-0.25, -0.2) is 4.98 Å². The third-order valence-electron chi connectivity index (χ3n) is 2.61. The molecule has 0 aliphatic carbocycles. The first-order valence-corrected chi connectivity index (χ1v) is 6.42. The van der Waals surface area contributed by atoms with Crippen molar-refractivity contribution >= 4 is 5.91 Å². The summed E-state index contributed by atoms with van der Waals surface area (Å²) in [4.78, 5) is 17.7. The largest absolute Gasteiger partial charge is 0.353 e. The fraction of sp³-hybridized carbons (Fsp3) is 0.500. The van der Waals surface area contributed by atoms with E-state index in [1.165, 1.54) is 0 Å². The summed E-state index contributed by atoms with van der Waals surface area (Å²) in [7, 11) is 0. The number of hydrogen-bond donors (Lipinski definition) is 1. The molecule has 0 aliphatic heterocycles. The summed E-state index contributed by atoms with van der Waals surface area (Å²) in [5.41, 5.74) is 1.39. The molecule has 19 heavy (non-hydrogen) atoms. The fourth-order valence-corrected chi connectivity index (χ4v) is 1.74. The highest BCUT2D eigenvalue weighted by Gasteiger charge is 2.10. The average Bonchev–Trinajstić information content (AvgIpc) is 2.37. The summed E-state index contributed by atoms with van der Waals surface area (Å²) < 4.78 is 0. The van der Waals surface area contributed by atoms with Gasteiger partial charge in [0.25, 0.3) is 0 Å². The molecule has 0 fully saturated rings. The van der Waals surface area contributed by atoms with Gasteiger partial charge in [-0.05, 0) is 38.1 Å². The molecule has 1 aromatic heterocycles. The summed E-state index contributed by atoms with van der Waals surface area (Å²) in [6, 6.07) is 5.78. The number of amides is 1. The zero-order valence-electron chi connectivity index (χ0n) is 11.7. The van der Waals surface area contributed by atoms with E-state index in [0.29, 0.717) is 18.8 Å². The summed E-state index contributed by atoms with van der Waals surface area (Å²) in [6.45, 7) is 7.66. The van der Waals surface area contributed by atoms with Crippen LogP contribution in [-0.4, -0.2) is 34.9 Å². The minimum atomic E-state index is 0.0198. The summed E-state index contributed by atoms with van der Waals surface area (Å²) in [6.07, 6.45) is 1.62. The van der Waals surface area contributed by atoms with Crippen LogP contribution in [0.5, 0.6) is 0 Å². The van der Waals surface area contributed by atoms with E-state index in [2.05, 4.69) is 10.3 Å². The molecule has 1 rings (SSSR count). The van der Waals surface area contributed by atoms with Crippen molar-refractivity contribution in [3.63, 3.8) is 0 Å². The van der Waals surface area contributed by atoms with E-state index in [4.69, 9.17) is 5.26 Å². The molecule has 0 radical (unpaired) electrons. The lowest BCUT2D eigenvalue weighted by molar-refractivity contribution is -0.122. The average molecular weight is 260 g/mol. The molecule has 0 saturated heterocycles. The van der Waals surface area contributed by atoms with Gasteiger partial charge in [0.05, 0.1) is 6.54 Å². The summed E-state index contributed by atoms with van der Waals surface area (Å²) in [5, 5.41) is 11.7. The van der Waals surface area contributed by atoms with Crippen LogP contribution in [0.2, 0.25) is 0 Å². The van der Waals surface area contributed by atoms with Crippen molar-refractivity contribution in [2.45, 2.75) is 33.4 Å². The number of hydrogen-bond acceptors (Lipinski definition) is 4. The third-order valence-corrected chi connectivity index (χ3v) is 2.61. The molecule has 0 spiro atoms. The molecular weight excluding hydrogens is 240 g/mol. The Morgan fingerprint density at radius 3 is 2.89 bits per heavy atom. The Balaban J connectivity index is 2.61. The molecule has 1 amide bonds. The molecular formula is C14H20N4O. The number of carbonyl (C=O) groups is 1. The van der Waals surface area contributed by atoms with Crippen molar-refractivity contribution in [3.8, 4) is 6.07 Å². The number of pyridine rings is 1. The molecule has 0 unspecified atom stereocenters. The van der Waals surface area contributed by atoms with E-state index in [1.54, 1.807) is 12.3 Å². The maximum absolute atomic E-state index is 11.7. The number of likely N-dealkylation sites (N-methyl/N-ethyl adjacent to an activating group) is 1. The lowest BCUT2D eigenvalue weighted by Gasteiger charge is -2.20. The van der Waals surface area contributed by atoms with Gasteiger partial charge < -0.3 is 5.32 Å². The Labute approximate surface area is 114 Å². The van der Waals surface area contributed by atoms with Gasteiger partial charge in [0.1, 0.15) is 11.8 Å². The predicted octanol–water partition coefficient (Wildman–Crippen LogP) is 1.30. The highest BCUT2D eigenvalue weighted by atomic mass is 16.2. The van der Waals surface area contributed by atoms with Gasteiger partial charge >= 0.3 is 0 Å². The Hall–Kier alpha value is -1.93. The highest BCUT2D eigenvalue weighted by Crippen LogP contribution is 2.05. The first kappa shape index (κ1) is 15.1. The Bertz CT molecular complexity index is 465. The number of carbonyl (C=O) groups excluding carboxylic acids is 1. The van der Waals surface area contributed by atoms with Gasteiger partial charge in [0, 0.05) is 18.8 Å². The van der Waals surface area contributed by atoms with E-state index < -0.39 is 0 Å². The first-order chi connectivity index (χ1) is 9.05. The van der Waals surface area contributed by atoms with Crippen molar-refractivity contribution in [1.82, 2.24) is 15.2 Å². The number of nitriles is 1. The molecule has 5 nitrogen and oxygen atoms in total. The SMILES string of the molecule is CCN(CC(=O)NC(C)C)Cc1ccnc(C#N)c1. The van der Waals surface area contributed by atoms with Gasteiger partial charge in [0.15, 0.2) is 0 Å². The van der Waals surface area contributed by atoms with E-state index in [0.717, 1.165) is 12.1 Å². The van der Waals surface area contributed by atoms with Gasteiger partial charge in [-0.15, -0.1) is 0 Å². The Morgan fingerprint density at radius 2 is 2.32 bits per heavy atom. The topological polar surface area (TPSA) is 69.0 Å². The quantitative estimate of drug-likeness (QED) is 0.837. The lowest BCUT2D eigenvalue weighted by Crippen LogP contribution is -2.39. The molecule has 0 atom stereocenters. The van der Waals surface area contributed by atoms with Crippen LogP contribution in [0.3, 0.4) is 0 Å². The zero-order valence-corrected chi connectivity index (χ0v) is 11.7. The summed E-state index contributed by atoms with van der Waals surface area (Å²) in [5.74, 6) is 0.0198.